The van der Waals surface area contributed by atoms with Crippen molar-refractivity contribution in [3.05, 3.63) is 35.9 Å². The molecule has 0 spiro atoms. The third kappa shape index (κ3) is 3.63. The molecular weight excluding hydrogens is 290 g/mol. The predicted octanol–water partition coefficient (Wildman–Crippen LogP) is -0.787. The van der Waals surface area contributed by atoms with Crippen LogP contribution in [-0.2, 0) is 9.47 Å². The molecule has 0 amide bonds. The molecule has 0 aromatic heterocycles. The van der Waals surface area contributed by atoms with Gasteiger partial charge in [-0.1, -0.05) is 18.2 Å². The van der Waals surface area contributed by atoms with Gasteiger partial charge in [0.1, 0.15) is 24.9 Å². The minimum absolute atomic E-state index is 0.219. The van der Waals surface area contributed by atoms with Gasteiger partial charge in [0, 0.05) is 0 Å². The van der Waals surface area contributed by atoms with Gasteiger partial charge in [0.15, 0.2) is 6.29 Å². The van der Waals surface area contributed by atoms with Crippen LogP contribution in [0, 0.1) is 0 Å². The lowest BCUT2D eigenvalue weighted by molar-refractivity contribution is -0.272. The van der Waals surface area contributed by atoms with Crippen LogP contribution in [0.2, 0.25) is 0 Å². The van der Waals surface area contributed by atoms with Gasteiger partial charge in [-0.25, -0.2) is 4.79 Å². The highest BCUT2D eigenvalue weighted by molar-refractivity contribution is 5.89. The summed E-state index contributed by atoms with van der Waals surface area (Å²) in [4.78, 5) is 13.5. The maximum Gasteiger partial charge on any atom is 0.338 e. The van der Waals surface area contributed by atoms with Crippen LogP contribution < -0.4 is 0 Å². The SMILES string of the molecule is CN(C)C1C(O)[C@H](O)O[C@H](COC(=O)c2ccccc2)C1O. The Bertz CT molecular complexity index is 494. The molecule has 7 nitrogen and oxygen atoms in total. The van der Waals surface area contributed by atoms with Gasteiger partial charge in [0.25, 0.3) is 0 Å². The second-order valence-electron chi connectivity index (χ2n) is 5.46. The smallest absolute Gasteiger partial charge is 0.338 e. The van der Waals surface area contributed by atoms with Gasteiger partial charge < -0.3 is 29.7 Å². The number of carbonyl (C=O) groups is 1. The Kier molecular flexibility index (Phi) is 5.49. The summed E-state index contributed by atoms with van der Waals surface area (Å²) in [7, 11) is 3.34. The molecule has 1 aliphatic rings. The summed E-state index contributed by atoms with van der Waals surface area (Å²) in [6.07, 6.45) is -4.71. The highest BCUT2D eigenvalue weighted by Gasteiger charge is 2.45. The average Bonchev–Trinajstić information content (AvgIpc) is 2.50. The van der Waals surface area contributed by atoms with Gasteiger partial charge >= 0.3 is 5.97 Å². The molecule has 122 valence electrons. The second-order valence-corrected chi connectivity index (χ2v) is 5.46. The summed E-state index contributed by atoms with van der Waals surface area (Å²) in [5, 5.41) is 29.8. The van der Waals surface area contributed by atoms with E-state index in [9.17, 15) is 20.1 Å². The summed E-state index contributed by atoms with van der Waals surface area (Å²) >= 11 is 0. The number of hydrogen-bond donors (Lipinski definition) is 3. The molecule has 2 rings (SSSR count). The fourth-order valence-corrected chi connectivity index (χ4v) is 2.49. The Morgan fingerprint density at radius 1 is 1.18 bits per heavy atom. The predicted molar refractivity (Wildman–Crippen MR) is 77.1 cm³/mol. The van der Waals surface area contributed by atoms with E-state index in [4.69, 9.17) is 9.47 Å². The molecule has 3 unspecified atom stereocenters. The summed E-state index contributed by atoms with van der Waals surface area (Å²) in [6, 6.07) is 7.72. The van der Waals surface area contributed by atoms with Gasteiger partial charge in [-0.05, 0) is 26.2 Å². The molecule has 3 N–H and O–H groups in total. The van der Waals surface area contributed by atoms with Crippen molar-refractivity contribution < 1.29 is 29.6 Å². The first-order valence-corrected chi connectivity index (χ1v) is 7.00. The summed E-state index contributed by atoms with van der Waals surface area (Å²) in [6.45, 7) is -0.219. The van der Waals surface area contributed by atoms with Gasteiger partial charge in [-0.15, -0.1) is 0 Å². The van der Waals surface area contributed by atoms with E-state index >= 15 is 0 Å². The van der Waals surface area contributed by atoms with Crippen LogP contribution in [0.15, 0.2) is 30.3 Å². The zero-order chi connectivity index (χ0) is 16.3. The lowest BCUT2D eigenvalue weighted by Gasteiger charge is -2.43. The lowest BCUT2D eigenvalue weighted by Crippen LogP contribution is -2.63. The highest BCUT2D eigenvalue weighted by atomic mass is 16.6. The molecule has 0 bridgehead atoms. The van der Waals surface area contributed by atoms with Crippen molar-refractivity contribution in [1.29, 1.82) is 0 Å². The number of rotatable bonds is 4. The fourth-order valence-electron chi connectivity index (χ4n) is 2.49. The third-order valence-corrected chi connectivity index (χ3v) is 3.67. The van der Waals surface area contributed by atoms with Crippen molar-refractivity contribution in [1.82, 2.24) is 4.90 Å². The molecule has 1 saturated heterocycles. The minimum atomic E-state index is -1.45. The van der Waals surface area contributed by atoms with Crippen molar-refractivity contribution >= 4 is 5.97 Å². The zero-order valence-corrected chi connectivity index (χ0v) is 12.5. The van der Waals surface area contributed by atoms with Gasteiger partial charge in [-0.3, -0.25) is 0 Å². The number of hydrogen-bond acceptors (Lipinski definition) is 7. The number of nitrogens with zero attached hydrogens (tertiary/aromatic N) is 1. The van der Waals surface area contributed by atoms with Crippen molar-refractivity contribution in [3.8, 4) is 0 Å². The number of likely N-dealkylation sites (N-methyl/N-ethyl adjacent to an activating group) is 1. The van der Waals surface area contributed by atoms with E-state index in [1.54, 1.807) is 49.3 Å². The molecule has 1 aromatic carbocycles. The summed E-state index contributed by atoms with van der Waals surface area (Å²) in [5.41, 5.74) is 0.387. The topological polar surface area (TPSA) is 99.5 Å². The molecule has 1 fully saturated rings. The first kappa shape index (κ1) is 16.9. The zero-order valence-electron chi connectivity index (χ0n) is 12.5. The van der Waals surface area contributed by atoms with E-state index in [0.717, 1.165) is 0 Å². The number of carbonyl (C=O) groups excluding carboxylic acids is 1. The molecule has 0 saturated carbocycles. The van der Waals surface area contributed by atoms with E-state index in [2.05, 4.69) is 0 Å². The van der Waals surface area contributed by atoms with Crippen molar-refractivity contribution in [2.45, 2.75) is 30.6 Å². The number of ether oxygens (including phenoxy) is 2. The maximum absolute atomic E-state index is 11.9. The first-order chi connectivity index (χ1) is 10.4. The molecule has 1 aliphatic heterocycles. The van der Waals surface area contributed by atoms with Crippen LogP contribution in [0.1, 0.15) is 10.4 Å². The number of aliphatic hydroxyl groups is 3. The van der Waals surface area contributed by atoms with Crippen LogP contribution in [0.4, 0.5) is 0 Å². The molecule has 5 atom stereocenters. The van der Waals surface area contributed by atoms with Crippen LogP contribution in [-0.4, -0.2) is 77.5 Å². The van der Waals surface area contributed by atoms with Crippen LogP contribution >= 0.6 is 0 Å². The molecular formula is C15H21NO6. The molecule has 1 aromatic rings. The fraction of sp³-hybridized carbons (Fsp3) is 0.533. The number of aliphatic hydroxyl groups excluding tert-OH is 3. The Labute approximate surface area is 128 Å². The summed E-state index contributed by atoms with van der Waals surface area (Å²) < 4.78 is 10.2. The van der Waals surface area contributed by atoms with E-state index in [0.29, 0.717) is 5.56 Å². The average molecular weight is 311 g/mol. The van der Waals surface area contributed by atoms with E-state index < -0.39 is 36.6 Å². The Morgan fingerprint density at radius 2 is 1.82 bits per heavy atom. The number of esters is 1. The Balaban J connectivity index is 1.98. The quantitative estimate of drug-likeness (QED) is 0.627. The van der Waals surface area contributed by atoms with Crippen LogP contribution in [0.3, 0.4) is 0 Å². The maximum atomic E-state index is 11.9. The summed E-state index contributed by atoms with van der Waals surface area (Å²) in [5.74, 6) is -0.543. The van der Waals surface area contributed by atoms with Crippen molar-refractivity contribution in [2.24, 2.45) is 0 Å². The monoisotopic (exact) mass is 311 g/mol. The van der Waals surface area contributed by atoms with Crippen LogP contribution in [0.25, 0.3) is 0 Å². The lowest BCUT2D eigenvalue weighted by atomic mass is 9.95. The first-order valence-electron chi connectivity index (χ1n) is 7.00. The van der Waals surface area contributed by atoms with E-state index in [-0.39, 0.29) is 6.61 Å². The van der Waals surface area contributed by atoms with Crippen LogP contribution in [0.5, 0.6) is 0 Å². The highest BCUT2D eigenvalue weighted by Crippen LogP contribution is 2.23. The minimum Gasteiger partial charge on any atom is -0.459 e. The van der Waals surface area contributed by atoms with Crippen molar-refractivity contribution in [2.75, 3.05) is 20.7 Å². The third-order valence-electron chi connectivity index (χ3n) is 3.67. The second kappa shape index (κ2) is 7.17. The van der Waals surface area contributed by atoms with Gasteiger partial charge in [0.2, 0.25) is 0 Å². The molecule has 1 heterocycles. The molecule has 22 heavy (non-hydrogen) atoms. The van der Waals surface area contributed by atoms with Crippen molar-refractivity contribution in [3.63, 3.8) is 0 Å². The van der Waals surface area contributed by atoms with Gasteiger partial charge in [0.05, 0.1) is 11.6 Å². The normalized spacial score (nSPS) is 32.0. The molecule has 7 heteroatoms. The molecule has 0 radical (unpaired) electrons. The van der Waals surface area contributed by atoms with E-state index in [1.807, 2.05) is 0 Å². The standard InChI is InChI=1S/C15H21NO6/c1-16(2)11-12(17)10(22-15(20)13(11)18)8-21-14(19)9-6-4-3-5-7-9/h3-7,10-13,15,17-18,20H,8H2,1-2H3/t10-,11?,12?,13?,15-/m1/s1. The Morgan fingerprint density at radius 3 is 2.41 bits per heavy atom. The largest absolute Gasteiger partial charge is 0.459 e. The van der Waals surface area contributed by atoms with E-state index in [1.165, 1.54) is 0 Å². The molecule has 0 aliphatic carbocycles. The number of benzene rings is 1. The van der Waals surface area contributed by atoms with Gasteiger partial charge in [-0.2, -0.15) is 0 Å². The Hall–Kier alpha value is -1.51.